The Bertz CT molecular complexity index is 747. The topological polar surface area (TPSA) is 128 Å². The van der Waals surface area contributed by atoms with E-state index in [-0.39, 0.29) is 37.8 Å². The number of amides is 3. The van der Waals surface area contributed by atoms with Gasteiger partial charge in [0.15, 0.2) is 5.78 Å². The molecular weight excluding hydrogens is 367 g/mol. The van der Waals surface area contributed by atoms with Crippen LogP contribution in [-0.2, 0) is 25.7 Å². The predicted octanol–water partition coefficient (Wildman–Crippen LogP) is 0.452. The molecule has 3 amide bonds. The van der Waals surface area contributed by atoms with E-state index in [0.29, 0.717) is 11.8 Å². The number of rotatable bonds is 11. The van der Waals surface area contributed by atoms with Crippen LogP contribution in [0.5, 0.6) is 0 Å². The molecule has 1 aliphatic rings. The van der Waals surface area contributed by atoms with Gasteiger partial charge in [0.2, 0.25) is 17.7 Å². The van der Waals surface area contributed by atoms with Crippen molar-refractivity contribution in [1.29, 1.82) is 5.41 Å². The van der Waals surface area contributed by atoms with Crippen LogP contribution >= 0.6 is 0 Å². The molecule has 0 heterocycles. The molecule has 1 aromatic rings. The number of carbonyl (C=O) groups excluding carboxylic acids is 4. The third-order valence-corrected chi connectivity index (χ3v) is 4.24. The number of hydrogen-bond donors (Lipinski definition) is 4. The Morgan fingerprint density at radius 3 is 2.43 bits per heavy atom. The second-order valence-electron chi connectivity index (χ2n) is 6.61. The van der Waals surface area contributed by atoms with Crippen molar-refractivity contribution in [2.75, 3.05) is 6.54 Å². The Kier molecular flexibility index (Phi) is 7.79. The average Bonchev–Trinajstić information content (AvgIpc) is 3.53. The second-order valence-corrected chi connectivity index (χ2v) is 6.61. The van der Waals surface area contributed by atoms with Gasteiger partial charge in [-0.3, -0.25) is 19.2 Å². The highest BCUT2D eigenvalue weighted by Crippen LogP contribution is 2.28. The van der Waals surface area contributed by atoms with Crippen molar-refractivity contribution in [3.63, 3.8) is 0 Å². The van der Waals surface area contributed by atoms with Crippen molar-refractivity contribution in [2.24, 2.45) is 5.92 Å². The summed E-state index contributed by atoms with van der Waals surface area (Å²) in [7, 11) is 0. The number of hydrogen-bond acceptors (Lipinski definition) is 5. The minimum Gasteiger partial charge on any atom is -0.350 e. The highest BCUT2D eigenvalue weighted by atomic mass is 19.1. The molecule has 150 valence electrons. The van der Waals surface area contributed by atoms with Crippen LogP contribution < -0.4 is 16.0 Å². The SMILES string of the molecule is N=CC(=O)CC[C@H](NC(=O)CNC(=O)C1CC1)C(=O)NCc1ccc(F)cc1. The van der Waals surface area contributed by atoms with Crippen LogP contribution in [0.1, 0.15) is 31.2 Å². The average molecular weight is 390 g/mol. The van der Waals surface area contributed by atoms with Crippen LogP contribution in [0.3, 0.4) is 0 Å². The summed E-state index contributed by atoms with van der Waals surface area (Å²) < 4.78 is 12.9. The van der Waals surface area contributed by atoms with Crippen molar-refractivity contribution in [3.8, 4) is 0 Å². The van der Waals surface area contributed by atoms with Crippen molar-refractivity contribution in [1.82, 2.24) is 16.0 Å². The van der Waals surface area contributed by atoms with Gasteiger partial charge in [0, 0.05) is 18.9 Å². The normalized spacial score (nSPS) is 13.9. The first-order valence-corrected chi connectivity index (χ1v) is 9.01. The van der Waals surface area contributed by atoms with Crippen LogP contribution in [0.4, 0.5) is 4.39 Å². The van der Waals surface area contributed by atoms with E-state index >= 15 is 0 Å². The van der Waals surface area contributed by atoms with E-state index in [9.17, 15) is 23.6 Å². The molecule has 8 nitrogen and oxygen atoms in total. The number of Topliss-reactive ketones (excluding diaryl/α,β-unsaturated/α-hetero) is 1. The van der Waals surface area contributed by atoms with Crippen molar-refractivity contribution >= 4 is 29.7 Å². The summed E-state index contributed by atoms with van der Waals surface area (Å²) in [5.74, 6) is -2.13. The number of nitrogens with one attached hydrogen (secondary N) is 4. The maximum absolute atomic E-state index is 12.9. The first-order chi connectivity index (χ1) is 13.4. The Balaban J connectivity index is 1.88. The summed E-state index contributed by atoms with van der Waals surface area (Å²) in [4.78, 5) is 47.4. The van der Waals surface area contributed by atoms with E-state index in [1.807, 2.05) is 0 Å². The number of benzene rings is 1. The zero-order valence-electron chi connectivity index (χ0n) is 15.3. The van der Waals surface area contributed by atoms with E-state index in [0.717, 1.165) is 12.8 Å². The van der Waals surface area contributed by atoms with Crippen LogP contribution in [-0.4, -0.2) is 42.3 Å². The molecule has 9 heteroatoms. The van der Waals surface area contributed by atoms with Crippen LogP contribution in [0, 0.1) is 17.1 Å². The number of halogens is 1. The molecule has 0 aliphatic heterocycles. The summed E-state index contributed by atoms with van der Waals surface area (Å²) in [6.07, 6.45) is 2.23. The summed E-state index contributed by atoms with van der Waals surface area (Å²) in [5, 5.41) is 14.6. The van der Waals surface area contributed by atoms with Gasteiger partial charge in [-0.1, -0.05) is 12.1 Å². The van der Waals surface area contributed by atoms with E-state index < -0.39 is 29.5 Å². The molecule has 1 saturated carbocycles. The lowest BCUT2D eigenvalue weighted by molar-refractivity contribution is -0.130. The maximum Gasteiger partial charge on any atom is 0.242 e. The van der Waals surface area contributed by atoms with Crippen molar-refractivity contribution in [2.45, 2.75) is 38.3 Å². The number of carbonyl (C=O) groups is 4. The molecule has 2 rings (SSSR count). The molecular formula is C19H23FN4O4. The van der Waals surface area contributed by atoms with E-state index in [1.54, 1.807) is 0 Å². The Labute approximate surface area is 161 Å². The molecule has 1 atom stereocenters. The summed E-state index contributed by atoms with van der Waals surface area (Å²) >= 11 is 0. The number of ketones is 1. The first kappa shape index (κ1) is 21.2. The van der Waals surface area contributed by atoms with Crippen LogP contribution in [0.25, 0.3) is 0 Å². The molecule has 1 fully saturated rings. The first-order valence-electron chi connectivity index (χ1n) is 9.01. The van der Waals surface area contributed by atoms with Gasteiger partial charge in [0.1, 0.15) is 11.9 Å². The summed E-state index contributed by atoms with van der Waals surface area (Å²) in [6, 6.07) is 4.59. The Hall–Kier alpha value is -3.10. The highest BCUT2D eigenvalue weighted by molar-refractivity contribution is 6.26. The standard InChI is InChI=1S/C19H23FN4O4/c20-14-5-1-12(2-6-14)10-22-19(28)16(8-7-15(25)9-21)24-17(26)11-23-18(27)13-3-4-13/h1-2,5-6,9,13,16,21H,3-4,7-8,10-11H2,(H,22,28)(H,23,27)(H,24,26)/t16-/m0/s1. The largest absolute Gasteiger partial charge is 0.350 e. The molecule has 0 saturated heterocycles. The lowest BCUT2D eigenvalue weighted by Gasteiger charge is -2.18. The smallest absolute Gasteiger partial charge is 0.242 e. The fraction of sp³-hybridized carbons (Fsp3) is 0.421. The molecule has 1 aromatic carbocycles. The minimum absolute atomic E-state index is 0.0196. The zero-order valence-corrected chi connectivity index (χ0v) is 15.3. The summed E-state index contributed by atoms with van der Waals surface area (Å²) in [5.41, 5.74) is 0.673. The molecule has 0 spiro atoms. The molecule has 4 N–H and O–H groups in total. The monoisotopic (exact) mass is 390 g/mol. The molecule has 1 aliphatic carbocycles. The fourth-order valence-electron chi connectivity index (χ4n) is 2.44. The van der Waals surface area contributed by atoms with Crippen molar-refractivity contribution < 1.29 is 23.6 Å². The van der Waals surface area contributed by atoms with Crippen LogP contribution in [0.15, 0.2) is 24.3 Å². The Morgan fingerprint density at radius 1 is 1.14 bits per heavy atom. The maximum atomic E-state index is 12.9. The molecule has 0 aromatic heterocycles. The summed E-state index contributed by atoms with van der Waals surface area (Å²) in [6.45, 7) is -0.127. The van der Waals surface area contributed by atoms with E-state index in [2.05, 4.69) is 16.0 Å². The van der Waals surface area contributed by atoms with Gasteiger partial charge < -0.3 is 21.4 Å². The lowest BCUT2D eigenvalue weighted by Crippen LogP contribution is -2.49. The minimum atomic E-state index is -0.991. The van der Waals surface area contributed by atoms with Gasteiger partial charge in [0.25, 0.3) is 0 Å². The van der Waals surface area contributed by atoms with Crippen LogP contribution in [0.2, 0.25) is 0 Å². The van der Waals surface area contributed by atoms with Crippen molar-refractivity contribution in [3.05, 3.63) is 35.6 Å². The van der Waals surface area contributed by atoms with E-state index in [4.69, 9.17) is 5.41 Å². The Morgan fingerprint density at radius 2 is 1.82 bits per heavy atom. The zero-order chi connectivity index (χ0) is 20.5. The van der Waals surface area contributed by atoms with Gasteiger partial charge in [-0.05, 0) is 37.0 Å². The second kappa shape index (κ2) is 10.3. The van der Waals surface area contributed by atoms with Gasteiger partial charge in [0.05, 0.1) is 12.8 Å². The van der Waals surface area contributed by atoms with Gasteiger partial charge in [-0.25, -0.2) is 4.39 Å². The molecule has 0 unspecified atom stereocenters. The quantitative estimate of drug-likeness (QED) is 0.409. The third kappa shape index (κ3) is 7.26. The fourth-order valence-corrected chi connectivity index (χ4v) is 2.44. The van der Waals surface area contributed by atoms with Gasteiger partial charge in [-0.2, -0.15) is 0 Å². The third-order valence-electron chi connectivity index (χ3n) is 4.24. The van der Waals surface area contributed by atoms with Gasteiger partial charge in [-0.15, -0.1) is 0 Å². The lowest BCUT2D eigenvalue weighted by atomic mass is 10.1. The predicted molar refractivity (Wildman–Crippen MR) is 98.9 cm³/mol. The molecule has 0 radical (unpaired) electrons. The van der Waals surface area contributed by atoms with E-state index in [1.165, 1.54) is 24.3 Å². The molecule has 0 bridgehead atoms. The highest BCUT2D eigenvalue weighted by Gasteiger charge is 2.30. The molecule has 28 heavy (non-hydrogen) atoms. The van der Waals surface area contributed by atoms with Gasteiger partial charge >= 0.3 is 0 Å².